The van der Waals surface area contributed by atoms with Crippen molar-refractivity contribution in [3.63, 3.8) is 0 Å². The van der Waals surface area contributed by atoms with Gasteiger partial charge in [-0.05, 0) is 88.0 Å². The molecule has 246 valence electrons. The molecule has 0 spiro atoms. The molecule has 0 bridgehead atoms. The molecule has 5 aromatic carbocycles. The lowest BCUT2D eigenvalue weighted by Gasteiger charge is -2.28. The van der Waals surface area contributed by atoms with Gasteiger partial charge in [-0.25, -0.2) is 0 Å². The summed E-state index contributed by atoms with van der Waals surface area (Å²) in [7, 11) is 2.14. The van der Waals surface area contributed by atoms with Gasteiger partial charge in [-0.15, -0.1) is 0 Å². The second kappa shape index (κ2) is 13.7. The van der Waals surface area contributed by atoms with Crippen molar-refractivity contribution >= 4 is 54.5 Å². The van der Waals surface area contributed by atoms with E-state index in [0.29, 0.717) is 6.42 Å². The average molecular weight is 651 g/mol. The highest BCUT2D eigenvalue weighted by Crippen LogP contribution is 2.40. The van der Waals surface area contributed by atoms with Gasteiger partial charge in [-0.3, -0.25) is 0 Å². The molecule has 1 aliphatic rings. The van der Waals surface area contributed by atoms with Gasteiger partial charge in [0.2, 0.25) is 0 Å². The van der Waals surface area contributed by atoms with Gasteiger partial charge < -0.3 is 20.9 Å². The number of allylic oxidation sites excluding steroid dienone is 9. The maximum absolute atomic E-state index is 6.23. The van der Waals surface area contributed by atoms with Crippen molar-refractivity contribution in [2.75, 3.05) is 13.6 Å². The summed E-state index contributed by atoms with van der Waals surface area (Å²) in [6.07, 6.45) is 18.3. The van der Waals surface area contributed by atoms with Crippen molar-refractivity contribution in [3.05, 3.63) is 187 Å². The normalized spacial score (nSPS) is 14.6. The van der Waals surface area contributed by atoms with Crippen molar-refractivity contribution in [2.45, 2.75) is 13.3 Å². The van der Waals surface area contributed by atoms with Crippen LogP contribution < -0.4 is 11.5 Å². The third kappa shape index (κ3) is 5.65. The van der Waals surface area contributed by atoms with E-state index in [9.17, 15) is 0 Å². The molecule has 1 aromatic heterocycles. The van der Waals surface area contributed by atoms with E-state index in [-0.39, 0.29) is 0 Å². The number of hydrogen-bond acceptors (Lipinski definition) is 3. The molecule has 1 aliphatic heterocycles. The van der Waals surface area contributed by atoms with Crippen molar-refractivity contribution in [3.8, 4) is 5.69 Å². The topological polar surface area (TPSA) is 60.2 Å². The van der Waals surface area contributed by atoms with E-state index in [1.807, 2.05) is 6.08 Å². The number of hydrogen-bond donors (Lipinski definition) is 2. The number of rotatable bonds is 9. The van der Waals surface area contributed by atoms with Crippen molar-refractivity contribution in [2.24, 2.45) is 11.5 Å². The van der Waals surface area contributed by atoms with Crippen molar-refractivity contribution in [1.29, 1.82) is 0 Å². The van der Waals surface area contributed by atoms with Crippen LogP contribution in [0.5, 0.6) is 0 Å². The Morgan fingerprint density at radius 3 is 2.32 bits per heavy atom. The molecule has 4 heteroatoms. The van der Waals surface area contributed by atoms with Crippen LogP contribution in [0.3, 0.4) is 0 Å². The summed E-state index contributed by atoms with van der Waals surface area (Å²) in [6.45, 7) is 10.7. The zero-order valence-electron chi connectivity index (χ0n) is 28.7. The minimum absolute atomic E-state index is 0.681. The fourth-order valence-electron chi connectivity index (χ4n) is 7.23. The molecule has 0 unspecified atom stereocenters. The van der Waals surface area contributed by atoms with Crippen LogP contribution in [0.4, 0.5) is 0 Å². The molecule has 2 heterocycles. The van der Waals surface area contributed by atoms with Crippen LogP contribution in [0.25, 0.3) is 60.2 Å². The van der Waals surface area contributed by atoms with Crippen LogP contribution in [-0.4, -0.2) is 23.1 Å². The number of nitrogens with two attached hydrogens (primary N) is 2. The molecule has 6 aromatic rings. The van der Waals surface area contributed by atoms with Gasteiger partial charge in [0.05, 0.1) is 16.7 Å². The van der Waals surface area contributed by atoms with Crippen LogP contribution in [0, 0.1) is 0 Å². The van der Waals surface area contributed by atoms with Crippen LogP contribution in [0.1, 0.15) is 24.5 Å². The van der Waals surface area contributed by atoms with E-state index in [0.717, 1.165) is 40.0 Å². The van der Waals surface area contributed by atoms with Gasteiger partial charge in [0.1, 0.15) is 0 Å². The summed E-state index contributed by atoms with van der Waals surface area (Å²) < 4.78 is 2.44. The summed E-state index contributed by atoms with van der Waals surface area (Å²) in [5, 5.41) is 7.22. The summed E-state index contributed by atoms with van der Waals surface area (Å²) in [5.74, 6) is 0. The Morgan fingerprint density at radius 1 is 0.760 bits per heavy atom. The Hall–Kier alpha value is -6.26. The van der Waals surface area contributed by atoms with E-state index < -0.39 is 0 Å². The summed E-state index contributed by atoms with van der Waals surface area (Å²) in [5.41, 5.74) is 23.2. The second-order valence-corrected chi connectivity index (χ2v) is 12.7. The van der Waals surface area contributed by atoms with E-state index >= 15 is 0 Å². The molecule has 0 saturated heterocycles. The number of fused-ring (bicyclic) bond motifs is 6. The molecule has 7 rings (SSSR count). The smallest absolute Gasteiger partial charge is 0.0619 e. The highest BCUT2D eigenvalue weighted by molar-refractivity contribution is 6.20. The molecule has 4 nitrogen and oxygen atoms in total. The fourth-order valence-corrected chi connectivity index (χ4v) is 7.23. The number of benzene rings is 5. The summed E-state index contributed by atoms with van der Waals surface area (Å²) in [4.78, 5) is 2.29. The lowest BCUT2D eigenvalue weighted by molar-refractivity contribution is 0.477. The third-order valence-corrected chi connectivity index (χ3v) is 9.85. The zero-order valence-corrected chi connectivity index (χ0v) is 28.7. The van der Waals surface area contributed by atoms with E-state index in [1.165, 1.54) is 54.7 Å². The van der Waals surface area contributed by atoms with E-state index in [4.69, 9.17) is 11.5 Å². The molecule has 0 atom stereocenters. The Labute approximate surface area is 294 Å². The fraction of sp³-hybridized carbons (Fsp3) is 0.0870. The van der Waals surface area contributed by atoms with Gasteiger partial charge in [0.25, 0.3) is 0 Å². The Balaban J connectivity index is 1.44. The predicted octanol–water partition coefficient (Wildman–Crippen LogP) is 10.7. The highest BCUT2D eigenvalue weighted by Gasteiger charge is 2.19. The molecule has 0 fully saturated rings. The largest absolute Gasteiger partial charge is 0.404 e. The quantitative estimate of drug-likeness (QED) is 0.153. The molecule has 0 amide bonds. The Morgan fingerprint density at radius 2 is 1.56 bits per heavy atom. The summed E-state index contributed by atoms with van der Waals surface area (Å²) >= 11 is 0. The number of likely N-dealkylation sites (N-methyl/N-ethyl adjacent to an activating group) is 1. The van der Waals surface area contributed by atoms with E-state index in [2.05, 4.69) is 158 Å². The van der Waals surface area contributed by atoms with Gasteiger partial charge in [-0.1, -0.05) is 122 Å². The predicted molar refractivity (Wildman–Crippen MR) is 217 cm³/mol. The first-order chi connectivity index (χ1) is 24.5. The van der Waals surface area contributed by atoms with Crippen LogP contribution in [-0.2, 0) is 0 Å². The van der Waals surface area contributed by atoms with Crippen LogP contribution in [0.2, 0.25) is 0 Å². The Kier molecular flexibility index (Phi) is 8.85. The van der Waals surface area contributed by atoms with Crippen molar-refractivity contribution in [1.82, 2.24) is 9.47 Å². The highest BCUT2D eigenvalue weighted by atomic mass is 15.1. The maximum Gasteiger partial charge on any atom is 0.0619 e. The molecular weight excluding hydrogens is 609 g/mol. The first-order valence-corrected chi connectivity index (χ1v) is 17.0. The number of nitrogens with zero attached hydrogens (tertiary/aromatic N) is 2. The standard InChI is InChI=1S/C46H42N4/c1-5-31(28-47)12-10-15-37(29-48)35-19-23-41-42-24-20-36-26-34(38-21-25-43(49(4)30-38)32(6-2)7-3)18-22-40(36)46(42)50(45(41)27-35)44-17-11-14-33-13-8-9-16-39(33)44/h5-11,13-29H,1-2,12,30,47-48H2,3-4H3/b15-10-,31-28+,32-7+,37-29+. The molecule has 0 aliphatic carbocycles. The monoisotopic (exact) mass is 650 g/mol. The SMILES string of the molecule is C=C/C(=C\N)C/C=C\C(=C/N)c1ccc2c3ccc4cc(C5=CC=C(/C(C=C)=C/C)N(C)C5)ccc4c3n(-c3cccc4ccccc34)c2c1. The lowest BCUT2D eigenvalue weighted by Crippen LogP contribution is -2.23. The van der Waals surface area contributed by atoms with E-state index in [1.54, 1.807) is 18.5 Å². The molecular formula is C46H42N4. The average Bonchev–Trinajstić information content (AvgIpc) is 3.49. The Bertz CT molecular complexity index is 2510. The second-order valence-electron chi connectivity index (χ2n) is 12.7. The van der Waals surface area contributed by atoms with Crippen LogP contribution in [0.15, 0.2) is 176 Å². The van der Waals surface area contributed by atoms with Crippen LogP contribution >= 0.6 is 0 Å². The lowest BCUT2D eigenvalue weighted by atomic mass is 9.96. The number of aromatic nitrogens is 1. The maximum atomic E-state index is 6.23. The minimum Gasteiger partial charge on any atom is -0.404 e. The molecule has 0 saturated carbocycles. The first kappa shape index (κ1) is 32.3. The van der Waals surface area contributed by atoms with Crippen molar-refractivity contribution < 1.29 is 0 Å². The van der Waals surface area contributed by atoms with Gasteiger partial charge in [0.15, 0.2) is 0 Å². The van der Waals surface area contributed by atoms with Gasteiger partial charge in [0, 0.05) is 47.0 Å². The first-order valence-electron chi connectivity index (χ1n) is 17.0. The minimum atomic E-state index is 0.681. The zero-order chi connectivity index (χ0) is 34.8. The third-order valence-electron chi connectivity index (χ3n) is 9.85. The molecule has 4 N–H and O–H groups in total. The summed E-state index contributed by atoms with van der Waals surface area (Å²) in [6, 6.07) is 33.3. The van der Waals surface area contributed by atoms with Gasteiger partial charge >= 0.3 is 0 Å². The van der Waals surface area contributed by atoms with Gasteiger partial charge in [-0.2, -0.15) is 0 Å². The molecule has 0 radical (unpaired) electrons. The molecule has 50 heavy (non-hydrogen) atoms.